The van der Waals surface area contributed by atoms with Gasteiger partial charge in [0, 0.05) is 6.04 Å². The Morgan fingerprint density at radius 2 is 2.31 bits per heavy atom. The van der Waals surface area contributed by atoms with Gasteiger partial charge in [0.05, 0.1) is 12.5 Å². The molecule has 0 fully saturated rings. The predicted molar refractivity (Wildman–Crippen MR) is 66.4 cm³/mol. The first kappa shape index (κ1) is 11.5. The van der Waals surface area contributed by atoms with Crippen molar-refractivity contribution in [1.82, 2.24) is 5.32 Å². The number of likely N-dealkylation sites (N-methyl/N-ethyl adjacent to an activating group) is 1. The highest BCUT2D eigenvalue weighted by Gasteiger charge is 2.12. The molecule has 0 aromatic carbocycles. The second kappa shape index (κ2) is 5.90. The molecular weight excluding hydrogens is 198 g/mol. The van der Waals surface area contributed by atoms with Crippen molar-refractivity contribution >= 4 is 0 Å². The highest BCUT2D eigenvalue weighted by Crippen LogP contribution is 2.22. The van der Waals surface area contributed by atoms with E-state index in [1.165, 1.54) is 37.7 Å². The van der Waals surface area contributed by atoms with E-state index in [1.807, 2.05) is 13.3 Å². The lowest BCUT2D eigenvalue weighted by molar-refractivity contribution is 0.523. The number of allylic oxidation sites excluding steroid dienone is 1. The summed E-state index contributed by atoms with van der Waals surface area (Å²) in [5.74, 6) is 0. The summed E-state index contributed by atoms with van der Waals surface area (Å²) in [5.41, 5.74) is 2.92. The van der Waals surface area contributed by atoms with E-state index < -0.39 is 0 Å². The number of furan rings is 1. The highest BCUT2D eigenvalue weighted by atomic mass is 16.3. The lowest BCUT2D eigenvalue weighted by Gasteiger charge is -2.19. The molecule has 1 aliphatic carbocycles. The summed E-state index contributed by atoms with van der Waals surface area (Å²) < 4.78 is 5.11. The van der Waals surface area contributed by atoms with E-state index in [0.29, 0.717) is 6.04 Å². The zero-order chi connectivity index (χ0) is 11.2. The van der Waals surface area contributed by atoms with E-state index in [4.69, 9.17) is 4.42 Å². The molecule has 0 saturated carbocycles. The molecule has 1 N–H and O–H groups in total. The summed E-state index contributed by atoms with van der Waals surface area (Å²) in [5, 5.41) is 3.41. The Balaban J connectivity index is 1.87. The summed E-state index contributed by atoms with van der Waals surface area (Å²) in [6.45, 7) is 0. The molecule has 1 aliphatic rings. The Morgan fingerprint density at radius 3 is 2.94 bits per heavy atom. The Kier molecular flexibility index (Phi) is 4.23. The number of nitrogens with one attached hydrogen (secondary N) is 1. The molecule has 0 saturated heterocycles. The van der Waals surface area contributed by atoms with Crippen LogP contribution in [0.4, 0.5) is 0 Å². The minimum absolute atomic E-state index is 0.543. The van der Waals surface area contributed by atoms with Crippen LogP contribution < -0.4 is 5.32 Å². The summed E-state index contributed by atoms with van der Waals surface area (Å²) in [6.07, 6.45) is 13.6. The van der Waals surface area contributed by atoms with Gasteiger partial charge in [0.1, 0.15) is 0 Å². The minimum atomic E-state index is 0.543. The first-order chi connectivity index (χ1) is 7.88. The fourth-order valence-corrected chi connectivity index (χ4v) is 2.38. The van der Waals surface area contributed by atoms with Crippen molar-refractivity contribution in [2.45, 2.75) is 44.6 Å². The Bertz CT molecular complexity index is 327. The van der Waals surface area contributed by atoms with Crippen LogP contribution in [0.25, 0.3) is 0 Å². The van der Waals surface area contributed by atoms with Gasteiger partial charge in [-0.3, -0.25) is 0 Å². The third-order valence-electron chi connectivity index (χ3n) is 3.36. The van der Waals surface area contributed by atoms with Crippen LogP contribution in [0.2, 0.25) is 0 Å². The van der Waals surface area contributed by atoms with Crippen molar-refractivity contribution in [2.24, 2.45) is 0 Å². The molecule has 0 spiro atoms. The van der Waals surface area contributed by atoms with Crippen LogP contribution in [0, 0.1) is 0 Å². The molecule has 1 aromatic rings. The predicted octanol–water partition coefficient (Wildman–Crippen LogP) is 3.30. The molecule has 0 aliphatic heterocycles. The van der Waals surface area contributed by atoms with Crippen molar-refractivity contribution in [1.29, 1.82) is 0 Å². The zero-order valence-corrected chi connectivity index (χ0v) is 10.0. The fourth-order valence-electron chi connectivity index (χ4n) is 2.38. The molecule has 0 bridgehead atoms. The smallest absolute Gasteiger partial charge is 0.0935 e. The normalized spacial score (nSPS) is 18.2. The van der Waals surface area contributed by atoms with Crippen LogP contribution >= 0.6 is 0 Å². The zero-order valence-electron chi connectivity index (χ0n) is 10.0. The quantitative estimate of drug-likeness (QED) is 0.769. The van der Waals surface area contributed by atoms with E-state index >= 15 is 0 Å². The van der Waals surface area contributed by atoms with Crippen molar-refractivity contribution in [3.63, 3.8) is 0 Å². The second-order valence-electron chi connectivity index (χ2n) is 4.63. The van der Waals surface area contributed by atoms with Gasteiger partial charge in [-0.2, -0.15) is 0 Å². The third-order valence-corrected chi connectivity index (χ3v) is 3.36. The van der Waals surface area contributed by atoms with E-state index in [0.717, 1.165) is 6.42 Å². The van der Waals surface area contributed by atoms with Crippen LogP contribution in [0.5, 0.6) is 0 Å². The molecule has 2 rings (SSSR count). The van der Waals surface area contributed by atoms with Crippen LogP contribution in [0.3, 0.4) is 0 Å². The molecule has 88 valence electrons. The second-order valence-corrected chi connectivity index (χ2v) is 4.63. The molecule has 0 radical (unpaired) electrons. The molecular formula is C14H21NO. The van der Waals surface area contributed by atoms with Gasteiger partial charge in [0.15, 0.2) is 0 Å². The van der Waals surface area contributed by atoms with Gasteiger partial charge in [-0.15, -0.1) is 0 Å². The van der Waals surface area contributed by atoms with Gasteiger partial charge in [-0.1, -0.05) is 11.6 Å². The standard InChI is InChI=1S/C14H21NO/c1-15-14(10-13-7-8-16-11-13)9-12-5-3-2-4-6-12/h5,7-8,11,14-15H,2-4,6,9-10H2,1H3. The highest BCUT2D eigenvalue weighted by molar-refractivity contribution is 5.12. The Hall–Kier alpha value is -1.02. The number of hydrogen-bond acceptors (Lipinski definition) is 2. The first-order valence-electron chi connectivity index (χ1n) is 6.24. The van der Waals surface area contributed by atoms with Gasteiger partial charge < -0.3 is 9.73 Å². The summed E-state index contributed by atoms with van der Waals surface area (Å²) in [6, 6.07) is 2.60. The van der Waals surface area contributed by atoms with Crippen LogP contribution in [-0.4, -0.2) is 13.1 Å². The number of rotatable bonds is 5. The fraction of sp³-hybridized carbons (Fsp3) is 0.571. The number of hydrogen-bond donors (Lipinski definition) is 1. The molecule has 2 nitrogen and oxygen atoms in total. The SMILES string of the molecule is CNC(CC1=CCCCC1)Cc1ccoc1. The van der Waals surface area contributed by atoms with E-state index in [-0.39, 0.29) is 0 Å². The summed E-state index contributed by atoms with van der Waals surface area (Å²) >= 11 is 0. The van der Waals surface area contributed by atoms with Crippen LogP contribution in [-0.2, 0) is 6.42 Å². The topological polar surface area (TPSA) is 25.2 Å². The van der Waals surface area contributed by atoms with Crippen molar-refractivity contribution in [3.05, 3.63) is 35.8 Å². The average molecular weight is 219 g/mol. The molecule has 0 amide bonds. The summed E-state index contributed by atoms with van der Waals surface area (Å²) in [7, 11) is 2.05. The van der Waals surface area contributed by atoms with E-state index in [1.54, 1.807) is 11.8 Å². The maximum atomic E-state index is 5.11. The van der Waals surface area contributed by atoms with Gasteiger partial charge in [0.2, 0.25) is 0 Å². The van der Waals surface area contributed by atoms with Crippen molar-refractivity contribution < 1.29 is 4.42 Å². The molecule has 1 atom stereocenters. The maximum Gasteiger partial charge on any atom is 0.0935 e. The molecule has 1 aromatic heterocycles. The molecule has 1 heterocycles. The van der Waals surface area contributed by atoms with Crippen LogP contribution in [0.1, 0.15) is 37.7 Å². The summed E-state index contributed by atoms with van der Waals surface area (Å²) in [4.78, 5) is 0. The maximum absolute atomic E-state index is 5.11. The molecule has 1 unspecified atom stereocenters. The van der Waals surface area contributed by atoms with Gasteiger partial charge in [-0.05, 0) is 57.2 Å². The monoisotopic (exact) mass is 219 g/mol. The third kappa shape index (κ3) is 3.24. The van der Waals surface area contributed by atoms with Gasteiger partial charge >= 0.3 is 0 Å². The Morgan fingerprint density at radius 1 is 1.38 bits per heavy atom. The van der Waals surface area contributed by atoms with E-state index in [9.17, 15) is 0 Å². The van der Waals surface area contributed by atoms with Crippen molar-refractivity contribution in [2.75, 3.05) is 7.05 Å². The molecule has 16 heavy (non-hydrogen) atoms. The minimum Gasteiger partial charge on any atom is -0.472 e. The average Bonchev–Trinajstić information content (AvgIpc) is 2.82. The lowest BCUT2D eigenvalue weighted by Crippen LogP contribution is -2.28. The van der Waals surface area contributed by atoms with Crippen LogP contribution in [0.15, 0.2) is 34.7 Å². The van der Waals surface area contributed by atoms with Gasteiger partial charge in [-0.25, -0.2) is 0 Å². The van der Waals surface area contributed by atoms with E-state index in [2.05, 4.69) is 17.5 Å². The van der Waals surface area contributed by atoms with Gasteiger partial charge in [0.25, 0.3) is 0 Å². The first-order valence-corrected chi connectivity index (χ1v) is 6.24. The largest absolute Gasteiger partial charge is 0.472 e. The van der Waals surface area contributed by atoms with Crippen molar-refractivity contribution in [3.8, 4) is 0 Å². The Labute approximate surface area is 97.7 Å². The molecule has 2 heteroatoms. The lowest BCUT2D eigenvalue weighted by atomic mass is 9.92.